The monoisotopic (exact) mass is 533 g/mol. The van der Waals surface area contributed by atoms with Crippen LogP contribution in [0.3, 0.4) is 0 Å². The number of methoxy groups -OCH3 is 1. The lowest BCUT2D eigenvalue weighted by molar-refractivity contribution is -0.138. The van der Waals surface area contributed by atoms with Crippen molar-refractivity contribution in [1.29, 1.82) is 0 Å². The molecule has 0 saturated carbocycles. The van der Waals surface area contributed by atoms with Gasteiger partial charge in [0.1, 0.15) is 0 Å². The van der Waals surface area contributed by atoms with E-state index >= 15 is 0 Å². The van der Waals surface area contributed by atoms with Gasteiger partial charge in [0.25, 0.3) is 0 Å². The first-order valence-electron chi connectivity index (χ1n) is 10.7. The lowest BCUT2D eigenvalue weighted by Gasteiger charge is -1.97. The van der Waals surface area contributed by atoms with Crippen LogP contribution in [0.25, 0.3) is 6.08 Å². The fourth-order valence-electron chi connectivity index (χ4n) is 1.14. The molecule has 0 aliphatic rings. The number of aliphatic carboxylic acids is 1. The Bertz CT molecular complexity index is 836. The quantitative estimate of drug-likeness (QED) is 0.157. The minimum atomic E-state index is -0.981. The molecular weight excluding hydrogens is 494 g/mol. The van der Waals surface area contributed by atoms with E-state index in [4.69, 9.17) is 14.7 Å². The second-order valence-electron chi connectivity index (χ2n) is 6.03. The summed E-state index contributed by atoms with van der Waals surface area (Å²) in [5.74, 6) is -2.14. The lowest BCUT2D eigenvalue weighted by atomic mass is 10.2. The molecule has 210 valence electrons. The molecule has 10 heteroatoms. The van der Waals surface area contributed by atoms with Gasteiger partial charge >= 0.3 is 17.9 Å². The number of carbonyl (C=O) groups excluding carboxylic acids is 5. The molecule has 1 rings (SSSR count). The average molecular weight is 534 g/mol. The zero-order valence-corrected chi connectivity index (χ0v) is 22.3. The van der Waals surface area contributed by atoms with Crippen molar-refractivity contribution >= 4 is 42.5 Å². The van der Waals surface area contributed by atoms with E-state index < -0.39 is 11.9 Å². The van der Waals surface area contributed by atoms with Crippen LogP contribution >= 0.6 is 0 Å². The van der Waals surface area contributed by atoms with Gasteiger partial charge in [-0.05, 0) is 25.0 Å². The van der Waals surface area contributed by atoms with E-state index in [9.17, 15) is 19.2 Å². The van der Waals surface area contributed by atoms with E-state index in [1.807, 2.05) is 43.3 Å². The van der Waals surface area contributed by atoms with Gasteiger partial charge in [0.15, 0.2) is 12.6 Å². The molecular formula is C28H39NO9. The van der Waals surface area contributed by atoms with Crippen molar-refractivity contribution in [3.63, 3.8) is 0 Å². The highest BCUT2D eigenvalue weighted by atomic mass is 16.5. The predicted octanol–water partition coefficient (Wildman–Crippen LogP) is 3.88. The van der Waals surface area contributed by atoms with Crippen LogP contribution in [0.5, 0.6) is 0 Å². The number of ether oxygens (including phenoxy) is 2. The maximum absolute atomic E-state index is 10.3. The number of rotatable bonds is 9. The standard InChI is InChI=1S/C8H8.C7H12O2.C5H8O2.C3H5NO.C3H4O2.C2H2O2/c1-2-8-6-4-3-5-7-8;1-3-5-6-9-7(8)4-2;1-4(2)5(6)7-3;2*1-2-3(4)5;3-1-2-4/h2-7H,1H2;4H,2-3,5-6H2,1H3;1H2,2-3H3;2H,1H2,(H2,4,5);2H,1H2,(H,4,5);1-2H. The van der Waals surface area contributed by atoms with Gasteiger partial charge in [-0.1, -0.05) is 82.6 Å². The molecule has 0 heterocycles. The number of unbranched alkanes of at least 4 members (excludes halogenated alkanes) is 1. The van der Waals surface area contributed by atoms with Crippen LogP contribution in [0.15, 0.2) is 87.0 Å². The number of nitrogens with two attached hydrogens (primary N) is 1. The summed E-state index contributed by atoms with van der Waals surface area (Å²) < 4.78 is 8.95. The fraction of sp³-hybridized carbons (Fsp3) is 0.214. The molecule has 38 heavy (non-hydrogen) atoms. The third-order valence-corrected chi connectivity index (χ3v) is 2.91. The topological polar surface area (TPSA) is 167 Å². The van der Waals surface area contributed by atoms with E-state index in [0.717, 1.165) is 25.0 Å². The smallest absolute Gasteiger partial charge is 0.332 e. The number of carboxylic acid groups (broad SMARTS) is 1. The van der Waals surface area contributed by atoms with Crippen molar-refractivity contribution in [2.45, 2.75) is 26.7 Å². The van der Waals surface area contributed by atoms with Crippen molar-refractivity contribution in [3.05, 3.63) is 92.6 Å². The number of hydrogen-bond donors (Lipinski definition) is 2. The fourth-order valence-corrected chi connectivity index (χ4v) is 1.14. The number of hydrogen-bond acceptors (Lipinski definition) is 8. The zero-order valence-electron chi connectivity index (χ0n) is 22.3. The number of benzene rings is 1. The molecule has 0 bridgehead atoms. The molecule has 0 radical (unpaired) electrons. The minimum Gasteiger partial charge on any atom is -0.478 e. The Kier molecular flexibility index (Phi) is 41.8. The van der Waals surface area contributed by atoms with Crippen LogP contribution in [-0.2, 0) is 38.2 Å². The molecule has 0 unspecified atom stereocenters. The molecule has 0 aliphatic carbocycles. The Hall–Kier alpha value is -4.86. The van der Waals surface area contributed by atoms with Crippen LogP contribution in [-0.4, -0.2) is 55.2 Å². The first-order valence-corrected chi connectivity index (χ1v) is 10.7. The van der Waals surface area contributed by atoms with Crippen LogP contribution in [0.1, 0.15) is 32.3 Å². The normalized spacial score (nSPS) is 7.45. The Morgan fingerprint density at radius 2 is 1.39 bits per heavy atom. The van der Waals surface area contributed by atoms with E-state index in [1.54, 1.807) is 6.92 Å². The molecule has 1 aromatic rings. The number of amides is 1. The molecule has 3 N–H and O–H groups in total. The summed E-state index contributed by atoms with van der Waals surface area (Å²) in [5.41, 5.74) is 6.14. The van der Waals surface area contributed by atoms with Crippen LogP contribution in [0, 0.1) is 0 Å². The summed E-state index contributed by atoms with van der Waals surface area (Å²) in [6.07, 6.45) is 7.26. The van der Waals surface area contributed by atoms with Crippen molar-refractivity contribution in [1.82, 2.24) is 0 Å². The van der Waals surface area contributed by atoms with E-state index in [0.29, 0.717) is 12.2 Å². The maximum Gasteiger partial charge on any atom is 0.332 e. The molecule has 0 atom stereocenters. The summed E-state index contributed by atoms with van der Waals surface area (Å²) in [6, 6.07) is 10.0. The Balaban J connectivity index is -0.000000117. The largest absolute Gasteiger partial charge is 0.478 e. The van der Waals surface area contributed by atoms with E-state index in [2.05, 4.69) is 48.1 Å². The highest BCUT2D eigenvalue weighted by Gasteiger charge is 1.95. The third kappa shape index (κ3) is 52.8. The van der Waals surface area contributed by atoms with Crippen LogP contribution in [0.4, 0.5) is 0 Å². The summed E-state index contributed by atoms with van der Waals surface area (Å²) >= 11 is 0. The Morgan fingerprint density at radius 3 is 1.58 bits per heavy atom. The molecule has 10 nitrogen and oxygen atoms in total. The SMILES string of the molecule is C=C(C)C(=O)OC.C=CC(=O)O.C=CC(=O)OCCCC.C=CC(N)=O.C=Cc1ccccc1.O=CC=O. The number of esters is 2. The molecule has 0 spiro atoms. The highest BCUT2D eigenvalue weighted by molar-refractivity contribution is 6.09. The van der Waals surface area contributed by atoms with Gasteiger partial charge in [-0.15, -0.1) is 0 Å². The maximum atomic E-state index is 10.3. The van der Waals surface area contributed by atoms with Crippen molar-refractivity contribution < 1.29 is 43.3 Å². The first kappa shape index (κ1) is 43.2. The molecule has 0 aliphatic heterocycles. The van der Waals surface area contributed by atoms with Crippen LogP contribution < -0.4 is 5.73 Å². The van der Waals surface area contributed by atoms with Gasteiger partial charge in [0, 0.05) is 17.7 Å². The molecule has 0 saturated heterocycles. The number of carboxylic acids is 1. The molecule has 1 aromatic carbocycles. The third-order valence-electron chi connectivity index (χ3n) is 2.91. The second-order valence-corrected chi connectivity index (χ2v) is 6.03. The van der Waals surface area contributed by atoms with Gasteiger partial charge in [-0.2, -0.15) is 0 Å². The summed E-state index contributed by atoms with van der Waals surface area (Å²) in [4.78, 5) is 56.9. The van der Waals surface area contributed by atoms with Crippen molar-refractivity contribution in [2.24, 2.45) is 5.73 Å². The number of carbonyl (C=O) groups is 6. The summed E-state index contributed by atoms with van der Waals surface area (Å²) in [7, 11) is 1.33. The highest BCUT2D eigenvalue weighted by Crippen LogP contribution is 1.97. The lowest BCUT2D eigenvalue weighted by Crippen LogP contribution is -2.04. The minimum absolute atomic E-state index is 0.194. The van der Waals surface area contributed by atoms with Crippen molar-refractivity contribution in [3.8, 4) is 0 Å². The van der Waals surface area contributed by atoms with Gasteiger partial charge in [0.2, 0.25) is 5.91 Å². The molecule has 0 aromatic heterocycles. The Labute approximate surface area is 224 Å². The van der Waals surface area contributed by atoms with Crippen molar-refractivity contribution in [2.75, 3.05) is 13.7 Å². The van der Waals surface area contributed by atoms with Gasteiger partial charge in [-0.3, -0.25) is 14.4 Å². The van der Waals surface area contributed by atoms with Gasteiger partial charge in [0.05, 0.1) is 13.7 Å². The second kappa shape index (κ2) is 36.7. The number of primary amides is 1. The molecule has 1 amide bonds. The van der Waals surface area contributed by atoms with Crippen LogP contribution in [0.2, 0.25) is 0 Å². The Morgan fingerprint density at radius 1 is 0.947 bits per heavy atom. The van der Waals surface area contributed by atoms with E-state index in [1.165, 1.54) is 18.7 Å². The van der Waals surface area contributed by atoms with Gasteiger partial charge < -0.3 is 20.3 Å². The molecule has 0 fully saturated rings. The predicted molar refractivity (Wildman–Crippen MR) is 149 cm³/mol. The average Bonchev–Trinajstić information content (AvgIpc) is 2.94. The summed E-state index contributed by atoms with van der Waals surface area (Å²) in [6.45, 7) is 20.5. The summed E-state index contributed by atoms with van der Waals surface area (Å²) in [5, 5.41) is 7.60. The van der Waals surface area contributed by atoms with E-state index in [-0.39, 0.29) is 24.5 Å². The zero-order chi connectivity index (χ0) is 30.8. The first-order chi connectivity index (χ1) is 17.9. The van der Waals surface area contributed by atoms with Gasteiger partial charge in [-0.25, -0.2) is 14.4 Å². The number of aldehydes is 2.